The number of hydrogen-bond acceptors (Lipinski definition) is 3. The minimum absolute atomic E-state index is 0.210. The largest absolute Gasteiger partial charge is 0.495 e. The maximum atomic E-state index is 12.2. The van der Waals surface area contributed by atoms with Crippen molar-refractivity contribution in [3.05, 3.63) is 23.8 Å². The van der Waals surface area contributed by atoms with E-state index in [1.54, 1.807) is 7.11 Å². The van der Waals surface area contributed by atoms with Crippen LogP contribution < -0.4 is 15.0 Å². The fourth-order valence-electron chi connectivity index (χ4n) is 2.97. The summed E-state index contributed by atoms with van der Waals surface area (Å²) in [6.07, 6.45) is 2.54. The van der Waals surface area contributed by atoms with Gasteiger partial charge in [-0.2, -0.15) is 0 Å². The Kier molecular flexibility index (Phi) is 2.96. The second-order valence-corrected chi connectivity index (χ2v) is 4.89. The van der Waals surface area contributed by atoms with Gasteiger partial charge in [0.25, 0.3) is 0 Å². The molecule has 4 nitrogen and oxygen atoms in total. The Morgan fingerprint density at radius 3 is 2.83 bits per heavy atom. The van der Waals surface area contributed by atoms with E-state index in [4.69, 9.17) is 4.74 Å². The van der Waals surface area contributed by atoms with Gasteiger partial charge in [-0.05, 0) is 37.6 Å². The Labute approximate surface area is 107 Å². The van der Waals surface area contributed by atoms with E-state index in [2.05, 4.69) is 5.32 Å². The lowest BCUT2D eigenvalue weighted by Crippen LogP contribution is -2.44. The number of amides is 1. The zero-order valence-electron chi connectivity index (χ0n) is 10.6. The Bertz CT molecular complexity index is 467. The number of hydrogen-bond donors (Lipinski definition) is 1. The molecule has 1 aromatic carbocycles. The Morgan fingerprint density at radius 1 is 1.33 bits per heavy atom. The van der Waals surface area contributed by atoms with E-state index in [-0.39, 0.29) is 5.91 Å². The topological polar surface area (TPSA) is 41.6 Å². The Morgan fingerprint density at radius 2 is 2.11 bits per heavy atom. The summed E-state index contributed by atoms with van der Waals surface area (Å²) < 4.78 is 5.42. The number of rotatable bonds is 2. The number of piperidine rings is 1. The maximum absolute atomic E-state index is 12.2. The third-order valence-corrected chi connectivity index (χ3v) is 3.83. The highest BCUT2D eigenvalue weighted by atomic mass is 16.5. The van der Waals surface area contributed by atoms with Crippen LogP contribution in [-0.2, 0) is 11.2 Å². The predicted molar refractivity (Wildman–Crippen MR) is 70.1 cm³/mol. The highest BCUT2D eigenvalue weighted by Gasteiger charge is 2.35. The number of carbonyl (C=O) groups excluding carboxylic acids is 1. The summed E-state index contributed by atoms with van der Waals surface area (Å²) in [7, 11) is 1.67. The lowest BCUT2D eigenvalue weighted by atomic mass is 10.0. The lowest BCUT2D eigenvalue weighted by molar-refractivity contribution is -0.117. The van der Waals surface area contributed by atoms with Crippen LogP contribution in [0.1, 0.15) is 18.4 Å². The molecule has 1 fully saturated rings. The number of fused-ring (bicyclic) bond motifs is 1. The molecule has 2 heterocycles. The van der Waals surface area contributed by atoms with Gasteiger partial charge < -0.3 is 15.0 Å². The van der Waals surface area contributed by atoms with Crippen LogP contribution in [-0.4, -0.2) is 32.1 Å². The van der Waals surface area contributed by atoms with Gasteiger partial charge in [-0.15, -0.1) is 0 Å². The van der Waals surface area contributed by atoms with Gasteiger partial charge in [-0.25, -0.2) is 0 Å². The molecule has 0 aromatic heterocycles. The summed E-state index contributed by atoms with van der Waals surface area (Å²) >= 11 is 0. The number of ether oxygens (including phenoxy) is 1. The van der Waals surface area contributed by atoms with Gasteiger partial charge >= 0.3 is 0 Å². The number of nitrogens with one attached hydrogen (secondary N) is 1. The van der Waals surface area contributed by atoms with Crippen LogP contribution in [0.15, 0.2) is 18.2 Å². The summed E-state index contributed by atoms with van der Waals surface area (Å²) in [5.41, 5.74) is 2.09. The van der Waals surface area contributed by atoms with E-state index in [0.717, 1.165) is 42.9 Å². The van der Waals surface area contributed by atoms with Crippen LogP contribution in [0.5, 0.6) is 5.75 Å². The molecule has 0 saturated carbocycles. The van der Waals surface area contributed by atoms with Gasteiger partial charge in [0.2, 0.25) is 5.91 Å². The monoisotopic (exact) mass is 246 g/mol. The van der Waals surface area contributed by atoms with Crippen LogP contribution in [0.4, 0.5) is 5.69 Å². The van der Waals surface area contributed by atoms with Gasteiger partial charge in [0, 0.05) is 6.04 Å². The molecular weight excluding hydrogens is 228 g/mol. The first-order valence-corrected chi connectivity index (χ1v) is 6.50. The minimum atomic E-state index is 0.210. The zero-order valence-corrected chi connectivity index (χ0v) is 10.6. The first-order chi connectivity index (χ1) is 8.81. The minimum Gasteiger partial charge on any atom is -0.495 e. The van der Waals surface area contributed by atoms with E-state index in [1.165, 1.54) is 0 Å². The standard InChI is InChI=1S/C14H18N2O2/c1-18-12-4-2-3-10-9-13(17)16(14(10)12)11-5-7-15-8-6-11/h2-4,11,15H,5-9H2,1H3. The van der Waals surface area contributed by atoms with Crippen molar-refractivity contribution in [3.8, 4) is 5.75 Å². The molecule has 96 valence electrons. The molecule has 0 unspecified atom stereocenters. The maximum Gasteiger partial charge on any atom is 0.231 e. The quantitative estimate of drug-likeness (QED) is 0.856. The summed E-state index contributed by atoms with van der Waals surface area (Å²) in [4.78, 5) is 14.2. The zero-order chi connectivity index (χ0) is 12.5. The summed E-state index contributed by atoms with van der Waals surface area (Å²) in [6.45, 7) is 1.97. The van der Waals surface area contributed by atoms with Crippen LogP contribution >= 0.6 is 0 Å². The molecule has 0 atom stereocenters. The summed E-state index contributed by atoms with van der Waals surface area (Å²) in [6, 6.07) is 6.23. The molecule has 1 aromatic rings. The molecule has 0 bridgehead atoms. The van der Waals surface area contributed by atoms with Crippen molar-refractivity contribution in [2.75, 3.05) is 25.1 Å². The molecule has 2 aliphatic rings. The Balaban J connectivity index is 1.99. The first kappa shape index (κ1) is 11.5. The second-order valence-electron chi connectivity index (χ2n) is 4.89. The summed E-state index contributed by atoms with van der Waals surface area (Å²) in [5.74, 6) is 1.03. The molecule has 1 N–H and O–H groups in total. The molecular formula is C14H18N2O2. The van der Waals surface area contributed by atoms with Crippen molar-refractivity contribution in [2.45, 2.75) is 25.3 Å². The molecule has 0 spiro atoms. The van der Waals surface area contributed by atoms with Crippen LogP contribution in [0.3, 0.4) is 0 Å². The second kappa shape index (κ2) is 4.61. The lowest BCUT2D eigenvalue weighted by Gasteiger charge is -2.32. The average Bonchev–Trinajstić information content (AvgIpc) is 2.75. The van der Waals surface area contributed by atoms with Gasteiger partial charge in [-0.3, -0.25) is 4.79 Å². The van der Waals surface area contributed by atoms with Crippen LogP contribution in [0, 0.1) is 0 Å². The van der Waals surface area contributed by atoms with Crippen molar-refractivity contribution in [1.82, 2.24) is 5.32 Å². The van der Waals surface area contributed by atoms with E-state index in [1.807, 2.05) is 23.1 Å². The summed E-state index contributed by atoms with van der Waals surface area (Å²) in [5, 5.41) is 3.34. The molecule has 4 heteroatoms. The third kappa shape index (κ3) is 1.77. The van der Waals surface area contributed by atoms with Gasteiger partial charge in [0.1, 0.15) is 5.75 Å². The van der Waals surface area contributed by atoms with Gasteiger partial charge in [0.05, 0.1) is 19.2 Å². The van der Waals surface area contributed by atoms with Crippen molar-refractivity contribution < 1.29 is 9.53 Å². The smallest absolute Gasteiger partial charge is 0.231 e. The normalized spacial score (nSPS) is 20.1. The molecule has 18 heavy (non-hydrogen) atoms. The SMILES string of the molecule is COc1cccc2c1N(C1CCNCC1)C(=O)C2. The van der Waals surface area contributed by atoms with E-state index >= 15 is 0 Å². The molecule has 0 radical (unpaired) electrons. The number of nitrogens with zero attached hydrogens (tertiary/aromatic N) is 1. The molecule has 1 amide bonds. The number of benzene rings is 1. The highest BCUT2D eigenvalue weighted by molar-refractivity contribution is 6.03. The predicted octanol–water partition coefficient (Wildman–Crippen LogP) is 1.34. The molecule has 0 aliphatic carbocycles. The van der Waals surface area contributed by atoms with Crippen LogP contribution in [0.2, 0.25) is 0 Å². The number of anilines is 1. The third-order valence-electron chi connectivity index (χ3n) is 3.83. The van der Waals surface area contributed by atoms with Crippen molar-refractivity contribution in [2.24, 2.45) is 0 Å². The van der Waals surface area contributed by atoms with Gasteiger partial charge in [0.15, 0.2) is 0 Å². The highest BCUT2D eigenvalue weighted by Crippen LogP contribution is 2.40. The number of carbonyl (C=O) groups is 1. The van der Waals surface area contributed by atoms with E-state index in [0.29, 0.717) is 12.5 Å². The number of para-hydroxylation sites is 1. The van der Waals surface area contributed by atoms with E-state index in [9.17, 15) is 4.79 Å². The average molecular weight is 246 g/mol. The molecule has 2 aliphatic heterocycles. The Hall–Kier alpha value is -1.55. The number of methoxy groups -OCH3 is 1. The first-order valence-electron chi connectivity index (χ1n) is 6.50. The molecule has 3 rings (SSSR count). The van der Waals surface area contributed by atoms with Crippen molar-refractivity contribution in [3.63, 3.8) is 0 Å². The van der Waals surface area contributed by atoms with Crippen molar-refractivity contribution in [1.29, 1.82) is 0 Å². The fraction of sp³-hybridized carbons (Fsp3) is 0.500. The van der Waals surface area contributed by atoms with E-state index < -0.39 is 0 Å². The fourth-order valence-corrected chi connectivity index (χ4v) is 2.97. The van der Waals surface area contributed by atoms with Crippen molar-refractivity contribution >= 4 is 11.6 Å². The molecule has 1 saturated heterocycles. The van der Waals surface area contributed by atoms with Gasteiger partial charge in [-0.1, -0.05) is 12.1 Å². The van der Waals surface area contributed by atoms with Crippen LogP contribution in [0.25, 0.3) is 0 Å².